The van der Waals surface area contributed by atoms with Gasteiger partial charge < -0.3 is 14.4 Å². The molecule has 3 aromatic rings. The van der Waals surface area contributed by atoms with Crippen LogP contribution in [-0.4, -0.2) is 47.0 Å². The molecule has 0 unspecified atom stereocenters. The van der Waals surface area contributed by atoms with Crippen LogP contribution in [0.15, 0.2) is 42.0 Å². The second-order valence-electron chi connectivity index (χ2n) is 8.59. The Hall–Kier alpha value is -3.79. The molecule has 0 radical (unpaired) electrons. The molecule has 0 aliphatic carbocycles. The molecule has 0 spiro atoms. The molecule has 0 fully saturated rings. The molecular weight excluding hydrogens is 470 g/mol. The number of hydrogen-bond acceptors (Lipinski definition) is 8. The van der Waals surface area contributed by atoms with Crippen LogP contribution in [0.4, 0.5) is 5.69 Å². The van der Waals surface area contributed by atoms with E-state index in [1.807, 2.05) is 13.8 Å². The monoisotopic (exact) mass is 495 g/mol. The number of esters is 1. The summed E-state index contributed by atoms with van der Waals surface area (Å²) in [7, 11) is 0. The van der Waals surface area contributed by atoms with E-state index in [1.165, 1.54) is 15.8 Å². The van der Waals surface area contributed by atoms with Gasteiger partial charge in [0, 0.05) is 12.1 Å². The van der Waals surface area contributed by atoms with E-state index in [4.69, 9.17) is 9.47 Å². The van der Waals surface area contributed by atoms with Crippen molar-refractivity contribution < 1.29 is 23.9 Å². The first-order chi connectivity index (χ1) is 16.7. The van der Waals surface area contributed by atoms with Crippen molar-refractivity contribution in [2.24, 2.45) is 5.92 Å². The number of benzene rings is 1. The zero-order valence-electron chi connectivity index (χ0n) is 19.7. The zero-order chi connectivity index (χ0) is 25.3. The smallest absolute Gasteiger partial charge is 0.348 e. The number of Topliss-reactive ketones (excluding diaryl/α,β-unsaturated/α-hetero) is 1. The van der Waals surface area contributed by atoms with Gasteiger partial charge in [0.25, 0.3) is 11.5 Å². The fraction of sp³-hybridized carbons (Fsp3) is 0.320. The van der Waals surface area contributed by atoms with E-state index in [2.05, 4.69) is 11.6 Å². The highest BCUT2D eigenvalue weighted by molar-refractivity contribution is 7.20. The molecule has 0 saturated heterocycles. The summed E-state index contributed by atoms with van der Waals surface area (Å²) < 4.78 is 12.0. The second-order valence-corrected chi connectivity index (χ2v) is 9.59. The summed E-state index contributed by atoms with van der Waals surface area (Å²) in [6.45, 7) is 9.45. The fourth-order valence-electron chi connectivity index (χ4n) is 3.73. The molecule has 0 saturated carbocycles. The largest absolute Gasteiger partial charge is 0.482 e. The number of fused-ring (bicyclic) bond motifs is 2. The highest BCUT2D eigenvalue weighted by atomic mass is 32.1. The van der Waals surface area contributed by atoms with E-state index in [9.17, 15) is 19.2 Å². The number of ketones is 1. The summed E-state index contributed by atoms with van der Waals surface area (Å²) >= 11 is 1.10. The lowest BCUT2D eigenvalue weighted by molar-refractivity contribution is -0.121. The van der Waals surface area contributed by atoms with Crippen LogP contribution in [-0.2, 0) is 16.1 Å². The molecule has 0 N–H and O–H groups in total. The zero-order valence-corrected chi connectivity index (χ0v) is 20.5. The lowest BCUT2D eigenvalue weighted by Gasteiger charge is -2.28. The number of amides is 1. The summed E-state index contributed by atoms with van der Waals surface area (Å²) in [5, 5.41) is 0.295. The van der Waals surface area contributed by atoms with Gasteiger partial charge in [-0.05, 0) is 36.6 Å². The summed E-state index contributed by atoms with van der Waals surface area (Å²) in [6, 6.07) is 4.81. The number of anilines is 1. The Morgan fingerprint density at radius 2 is 2.09 bits per heavy atom. The van der Waals surface area contributed by atoms with E-state index in [1.54, 1.807) is 31.2 Å². The number of carbonyl (C=O) groups excluding carboxylic acids is 3. The number of nitrogens with zero attached hydrogens (tertiary/aromatic N) is 3. The first-order valence-electron chi connectivity index (χ1n) is 11.1. The molecule has 35 heavy (non-hydrogen) atoms. The number of rotatable bonds is 8. The number of ether oxygens (including phenoxy) is 2. The summed E-state index contributed by atoms with van der Waals surface area (Å²) in [5.41, 5.74) is 0.876. The Morgan fingerprint density at radius 3 is 2.80 bits per heavy atom. The van der Waals surface area contributed by atoms with Gasteiger partial charge in [-0.15, -0.1) is 17.9 Å². The average Bonchev–Trinajstić information content (AvgIpc) is 3.17. The molecule has 182 valence electrons. The van der Waals surface area contributed by atoms with Crippen molar-refractivity contribution in [3.05, 3.63) is 63.5 Å². The number of carbonyl (C=O) groups is 3. The van der Waals surface area contributed by atoms with Crippen LogP contribution in [0.3, 0.4) is 0 Å². The molecule has 1 aliphatic rings. The molecule has 1 aliphatic heterocycles. The van der Waals surface area contributed by atoms with Crippen molar-refractivity contribution >= 4 is 44.9 Å². The Kier molecular flexibility index (Phi) is 6.83. The molecular formula is C25H25N3O6S. The molecule has 3 heterocycles. The first kappa shape index (κ1) is 24.3. The third kappa shape index (κ3) is 4.74. The minimum atomic E-state index is -0.490. The third-order valence-corrected chi connectivity index (χ3v) is 6.68. The number of aromatic nitrogens is 2. The molecule has 0 atom stereocenters. The minimum Gasteiger partial charge on any atom is -0.482 e. The maximum Gasteiger partial charge on any atom is 0.348 e. The van der Waals surface area contributed by atoms with Gasteiger partial charge in [0.15, 0.2) is 12.4 Å². The first-order valence-corrected chi connectivity index (χ1v) is 11.9. The normalized spacial score (nSPS) is 13.0. The van der Waals surface area contributed by atoms with Crippen molar-refractivity contribution in [2.75, 3.05) is 24.7 Å². The SMILES string of the molecule is C=CCN1C(=O)COc2ccc(C(=O)Cn3cnc4sc(C(=O)OCC(C)C)c(C)c4c3=O)cc21. The average molecular weight is 496 g/mol. The highest BCUT2D eigenvalue weighted by Crippen LogP contribution is 2.33. The predicted octanol–water partition coefficient (Wildman–Crippen LogP) is 3.37. The fourth-order valence-corrected chi connectivity index (χ4v) is 4.76. The van der Waals surface area contributed by atoms with E-state index < -0.39 is 11.5 Å². The molecule has 1 amide bonds. The van der Waals surface area contributed by atoms with Gasteiger partial charge in [0.2, 0.25) is 0 Å². The topological polar surface area (TPSA) is 108 Å². The Labute approximate surface area is 205 Å². The van der Waals surface area contributed by atoms with Gasteiger partial charge in [-0.1, -0.05) is 19.9 Å². The van der Waals surface area contributed by atoms with E-state index >= 15 is 0 Å². The van der Waals surface area contributed by atoms with Crippen LogP contribution >= 0.6 is 11.3 Å². The molecule has 1 aromatic carbocycles. The predicted molar refractivity (Wildman–Crippen MR) is 133 cm³/mol. The maximum absolute atomic E-state index is 13.2. The Balaban J connectivity index is 1.62. The van der Waals surface area contributed by atoms with Crippen LogP contribution in [0.1, 0.15) is 39.4 Å². The van der Waals surface area contributed by atoms with E-state index in [-0.39, 0.29) is 43.9 Å². The lowest BCUT2D eigenvalue weighted by atomic mass is 10.1. The van der Waals surface area contributed by atoms with E-state index in [0.717, 1.165) is 11.3 Å². The number of thiophene rings is 1. The molecule has 9 nitrogen and oxygen atoms in total. The molecule has 4 rings (SSSR count). The molecule has 2 aromatic heterocycles. The van der Waals surface area contributed by atoms with Gasteiger partial charge in [0.1, 0.15) is 15.5 Å². The lowest BCUT2D eigenvalue weighted by Crippen LogP contribution is -2.39. The highest BCUT2D eigenvalue weighted by Gasteiger charge is 2.26. The van der Waals surface area contributed by atoms with Crippen molar-refractivity contribution in [2.45, 2.75) is 27.3 Å². The van der Waals surface area contributed by atoms with Gasteiger partial charge in [-0.3, -0.25) is 19.0 Å². The van der Waals surface area contributed by atoms with Crippen LogP contribution in [0.25, 0.3) is 10.2 Å². The molecule has 10 heteroatoms. The van der Waals surface area contributed by atoms with Crippen LogP contribution < -0.4 is 15.2 Å². The van der Waals surface area contributed by atoms with E-state index in [0.29, 0.717) is 37.7 Å². The summed E-state index contributed by atoms with van der Waals surface area (Å²) in [4.78, 5) is 57.5. The van der Waals surface area contributed by atoms with Gasteiger partial charge >= 0.3 is 5.97 Å². The van der Waals surface area contributed by atoms with Crippen LogP contribution in [0.5, 0.6) is 5.75 Å². The third-order valence-electron chi connectivity index (χ3n) is 5.50. The quantitative estimate of drug-likeness (QED) is 0.268. The number of hydrogen-bond donors (Lipinski definition) is 0. The van der Waals surface area contributed by atoms with Crippen molar-refractivity contribution in [1.29, 1.82) is 0 Å². The summed E-state index contributed by atoms with van der Waals surface area (Å²) in [6.07, 6.45) is 2.90. The second kappa shape index (κ2) is 9.83. The standard InChI is InChI=1S/C25H25N3O6S/c1-5-8-28-17-9-16(6-7-19(17)33-12-20(28)30)18(29)10-27-13-26-23-21(24(27)31)15(4)22(35-23)25(32)34-11-14(2)3/h5-7,9,13-14H,1,8,10-12H2,2-4H3. The van der Waals surface area contributed by atoms with Gasteiger partial charge in [-0.2, -0.15) is 0 Å². The Morgan fingerprint density at radius 1 is 1.31 bits per heavy atom. The summed E-state index contributed by atoms with van der Waals surface area (Å²) in [5.74, 6) is -0.377. The van der Waals surface area contributed by atoms with Crippen LogP contribution in [0, 0.1) is 12.8 Å². The van der Waals surface area contributed by atoms with Crippen molar-refractivity contribution in [3.8, 4) is 5.75 Å². The maximum atomic E-state index is 13.2. The molecule has 0 bridgehead atoms. The Bertz CT molecular complexity index is 1400. The van der Waals surface area contributed by atoms with Crippen molar-refractivity contribution in [3.63, 3.8) is 0 Å². The number of aryl methyl sites for hydroxylation is 1. The van der Waals surface area contributed by atoms with Gasteiger partial charge in [-0.25, -0.2) is 9.78 Å². The van der Waals surface area contributed by atoms with Gasteiger partial charge in [0.05, 0.1) is 30.6 Å². The van der Waals surface area contributed by atoms with Crippen LogP contribution in [0.2, 0.25) is 0 Å². The van der Waals surface area contributed by atoms with Crippen molar-refractivity contribution in [1.82, 2.24) is 9.55 Å². The minimum absolute atomic E-state index is 0.0811.